The van der Waals surface area contributed by atoms with E-state index in [2.05, 4.69) is 10.3 Å². The van der Waals surface area contributed by atoms with Crippen LogP contribution < -0.4 is 5.32 Å². The summed E-state index contributed by atoms with van der Waals surface area (Å²) in [4.78, 5) is 14.8. The molecule has 0 amide bonds. The van der Waals surface area contributed by atoms with Crippen molar-refractivity contribution in [3.63, 3.8) is 0 Å². The molecule has 0 spiro atoms. The van der Waals surface area contributed by atoms with Crippen molar-refractivity contribution in [2.24, 2.45) is 0 Å². The fourth-order valence-electron chi connectivity index (χ4n) is 1.61. The molecule has 1 aromatic carbocycles. The SMILES string of the molecule is Cc1ccccc1Nc1nc(C)c(CC(=O)O)o1. The van der Waals surface area contributed by atoms with Crippen LogP contribution in [0.4, 0.5) is 11.7 Å². The van der Waals surface area contributed by atoms with Crippen LogP contribution in [-0.2, 0) is 11.2 Å². The lowest BCUT2D eigenvalue weighted by atomic mass is 10.2. The van der Waals surface area contributed by atoms with E-state index in [0.29, 0.717) is 17.5 Å². The second-order valence-electron chi connectivity index (χ2n) is 4.04. The minimum absolute atomic E-state index is 0.158. The molecule has 5 nitrogen and oxygen atoms in total. The first-order valence-corrected chi connectivity index (χ1v) is 5.57. The van der Waals surface area contributed by atoms with Crippen molar-refractivity contribution in [1.29, 1.82) is 0 Å². The maximum Gasteiger partial charge on any atom is 0.311 e. The van der Waals surface area contributed by atoms with Gasteiger partial charge in [0.05, 0.1) is 5.69 Å². The molecule has 0 aliphatic rings. The van der Waals surface area contributed by atoms with Crippen molar-refractivity contribution in [2.45, 2.75) is 20.3 Å². The Kier molecular flexibility index (Phi) is 3.32. The number of para-hydroxylation sites is 1. The summed E-state index contributed by atoms with van der Waals surface area (Å²) >= 11 is 0. The van der Waals surface area contributed by atoms with Gasteiger partial charge in [0.1, 0.15) is 12.2 Å². The first-order chi connectivity index (χ1) is 8.56. The zero-order valence-electron chi connectivity index (χ0n) is 10.2. The van der Waals surface area contributed by atoms with E-state index >= 15 is 0 Å². The van der Waals surface area contributed by atoms with E-state index in [1.54, 1.807) is 6.92 Å². The van der Waals surface area contributed by atoms with Crippen LogP contribution in [0.2, 0.25) is 0 Å². The number of aryl methyl sites for hydroxylation is 2. The molecule has 5 heteroatoms. The predicted molar refractivity (Wildman–Crippen MR) is 67.0 cm³/mol. The van der Waals surface area contributed by atoms with Crippen molar-refractivity contribution < 1.29 is 14.3 Å². The van der Waals surface area contributed by atoms with Gasteiger partial charge in [-0.1, -0.05) is 18.2 Å². The molecule has 94 valence electrons. The topological polar surface area (TPSA) is 75.4 Å². The van der Waals surface area contributed by atoms with Gasteiger partial charge < -0.3 is 14.8 Å². The minimum atomic E-state index is -0.934. The number of nitrogens with one attached hydrogen (secondary N) is 1. The Morgan fingerprint density at radius 2 is 2.11 bits per heavy atom. The largest absolute Gasteiger partial charge is 0.481 e. The van der Waals surface area contributed by atoms with Crippen LogP contribution in [0, 0.1) is 13.8 Å². The van der Waals surface area contributed by atoms with Crippen molar-refractivity contribution >= 4 is 17.7 Å². The quantitative estimate of drug-likeness (QED) is 0.867. The van der Waals surface area contributed by atoms with E-state index < -0.39 is 5.97 Å². The molecule has 0 atom stereocenters. The van der Waals surface area contributed by atoms with E-state index in [1.807, 2.05) is 31.2 Å². The highest BCUT2D eigenvalue weighted by Gasteiger charge is 2.13. The molecule has 1 heterocycles. The second kappa shape index (κ2) is 4.91. The summed E-state index contributed by atoms with van der Waals surface area (Å²) < 4.78 is 5.38. The Bertz CT molecular complexity index is 575. The molecule has 0 saturated carbocycles. The van der Waals surface area contributed by atoms with Crippen LogP contribution in [0.25, 0.3) is 0 Å². The number of carboxylic acids is 1. The summed E-state index contributed by atoms with van der Waals surface area (Å²) in [6.45, 7) is 3.70. The van der Waals surface area contributed by atoms with Crippen LogP contribution in [0.5, 0.6) is 0 Å². The number of aliphatic carboxylic acids is 1. The first-order valence-electron chi connectivity index (χ1n) is 5.57. The van der Waals surface area contributed by atoms with Gasteiger partial charge >= 0.3 is 5.97 Å². The lowest BCUT2D eigenvalue weighted by Gasteiger charge is -2.04. The van der Waals surface area contributed by atoms with Crippen molar-refractivity contribution in [3.05, 3.63) is 41.3 Å². The summed E-state index contributed by atoms with van der Waals surface area (Å²) in [5.74, 6) is -0.560. The molecule has 2 rings (SSSR count). The minimum Gasteiger partial charge on any atom is -0.481 e. The maximum atomic E-state index is 10.6. The van der Waals surface area contributed by atoms with E-state index in [1.165, 1.54) is 0 Å². The molecule has 0 radical (unpaired) electrons. The lowest BCUT2D eigenvalue weighted by molar-refractivity contribution is -0.136. The molecule has 0 aliphatic carbocycles. The number of carbonyl (C=O) groups is 1. The molecule has 2 aromatic rings. The Hall–Kier alpha value is -2.30. The average molecular weight is 246 g/mol. The summed E-state index contributed by atoms with van der Waals surface area (Å²) in [6.07, 6.45) is -0.158. The summed E-state index contributed by atoms with van der Waals surface area (Å²) in [6, 6.07) is 8.04. The molecule has 0 fully saturated rings. The van der Waals surface area contributed by atoms with E-state index in [-0.39, 0.29) is 6.42 Å². The average Bonchev–Trinajstić information content (AvgIpc) is 2.62. The van der Waals surface area contributed by atoms with E-state index in [9.17, 15) is 4.79 Å². The van der Waals surface area contributed by atoms with Crippen molar-refractivity contribution in [2.75, 3.05) is 5.32 Å². The maximum absolute atomic E-state index is 10.6. The number of anilines is 2. The molecule has 1 aromatic heterocycles. The summed E-state index contributed by atoms with van der Waals surface area (Å²) in [5, 5.41) is 11.8. The highest BCUT2D eigenvalue weighted by atomic mass is 16.4. The zero-order chi connectivity index (χ0) is 13.1. The summed E-state index contributed by atoms with van der Waals surface area (Å²) in [5.41, 5.74) is 2.54. The Balaban J connectivity index is 2.20. The number of rotatable bonds is 4. The zero-order valence-corrected chi connectivity index (χ0v) is 10.2. The number of carboxylic acid groups (broad SMARTS) is 1. The molecule has 0 aliphatic heterocycles. The van der Waals surface area contributed by atoms with Crippen molar-refractivity contribution in [3.8, 4) is 0 Å². The van der Waals surface area contributed by atoms with Gasteiger partial charge in [-0.25, -0.2) is 0 Å². The van der Waals surface area contributed by atoms with Gasteiger partial charge in [-0.2, -0.15) is 4.98 Å². The third-order valence-electron chi connectivity index (χ3n) is 2.59. The molecule has 2 N–H and O–H groups in total. The number of hydrogen-bond acceptors (Lipinski definition) is 4. The molecule has 18 heavy (non-hydrogen) atoms. The van der Waals surface area contributed by atoms with Crippen LogP contribution in [0.1, 0.15) is 17.0 Å². The number of nitrogens with zero attached hydrogens (tertiary/aromatic N) is 1. The second-order valence-corrected chi connectivity index (χ2v) is 4.04. The highest BCUT2D eigenvalue weighted by Crippen LogP contribution is 2.22. The third-order valence-corrected chi connectivity index (χ3v) is 2.59. The molecule has 0 saturated heterocycles. The number of benzene rings is 1. The molecule has 0 unspecified atom stereocenters. The third kappa shape index (κ3) is 2.68. The van der Waals surface area contributed by atoms with Crippen LogP contribution in [-0.4, -0.2) is 16.1 Å². The first kappa shape index (κ1) is 12.2. The van der Waals surface area contributed by atoms with Crippen molar-refractivity contribution in [1.82, 2.24) is 4.98 Å². The molecular weight excluding hydrogens is 232 g/mol. The molecular formula is C13H14N2O3. The number of oxazole rings is 1. The smallest absolute Gasteiger partial charge is 0.311 e. The lowest BCUT2D eigenvalue weighted by Crippen LogP contribution is -1.99. The van der Waals surface area contributed by atoms with E-state index in [4.69, 9.17) is 9.52 Å². The summed E-state index contributed by atoms with van der Waals surface area (Å²) in [7, 11) is 0. The van der Waals surface area contributed by atoms with Crippen LogP contribution in [0.3, 0.4) is 0 Å². The fourth-order valence-corrected chi connectivity index (χ4v) is 1.61. The van der Waals surface area contributed by atoms with Gasteiger partial charge in [0, 0.05) is 5.69 Å². The Morgan fingerprint density at radius 3 is 2.78 bits per heavy atom. The normalized spacial score (nSPS) is 10.3. The molecule has 0 bridgehead atoms. The standard InChI is InChI=1S/C13H14N2O3/c1-8-5-3-4-6-10(8)15-13-14-9(2)11(18-13)7-12(16)17/h3-6H,7H2,1-2H3,(H,14,15)(H,16,17). The predicted octanol–water partition coefficient (Wildman–Crippen LogP) is 2.66. The van der Waals surface area contributed by atoms with Crippen LogP contribution in [0.15, 0.2) is 28.7 Å². The van der Waals surface area contributed by atoms with Gasteiger partial charge in [-0.05, 0) is 25.5 Å². The van der Waals surface area contributed by atoms with Gasteiger partial charge in [0.15, 0.2) is 0 Å². The fraction of sp³-hybridized carbons (Fsp3) is 0.231. The Morgan fingerprint density at radius 1 is 1.39 bits per heavy atom. The number of hydrogen-bond donors (Lipinski definition) is 2. The Labute approximate surface area is 104 Å². The van der Waals surface area contributed by atoms with Gasteiger partial charge in [-0.3, -0.25) is 4.79 Å². The van der Waals surface area contributed by atoms with Crippen LogP contribution >= 0.6 is 0 Å². The number of aromatic nitrogens is 1. The van der Waals surface area contributed by atoms with Gasteiger partial charge in [0.25, 0.3) is 6.01 Å². The van der Waals surface area contributed by atoms with Gasteiger partial charge in [-0.15, -0.1) is 0 Å². The van der Waals surface area contributed by atoms with E-state index in [0.717, 1.165) is 11.3 Å². The monoisotopic (exact) mass is 246 g/mol. The highest BCUT2D eigenvalue weighted by molar-refractivity contribution is 5.69. The van der Waals surface area contributed by atoms with Gasteiger partial charge in [0.2, 0.25) is 0 Å².